The van der Waals surface area contributed by atoms with Crippen molar-refractivity contribution in [2.24, 2.45) is 5.41 Å². The summed E-state index contributed by atoms with van der Waals surface area (Å²) in [6, 6.07) is 11.3. The van der Waals surface area contributed by atoms with Gasteiger partial charge in [0.05, 0.1) is 0 Å². The predicted octanol–water partition coefficient (Wildman–Crippen LogP) is 4.30. The number of piperidine rings is 1. The van der Waals surface area contributed by atoms with Crippen LogP contribution in [0.4, 0.5) is 4.79 Å². The van der Waals surface area contributed by atoms with Crippen LogP contribution >= 0.6 is 0 Å². The molecule has 1 aromatic rings. The fraction of sp³-hybridized carbons (Fsp3) is 0.667. The van der Waals surface area contributed by atoms with E-state index < -0.39 is 5.60 Å². The molecular formula is C21H32N2O2. The zero-order valence-corrected chi connectivity index (χ0v) is 16.1. The predicted molar refractivity (Wildman–Crippen MR) is 100 cm³/mol. The molecule has 2 heterocycles. The maximum atomic E-state index is 12.3. The van der Waals surface area contributed by atoms with E-state index in [1.54, 1.807) is 0 Å². The number of benzene rings is 1. The monoisotopic (exact) mass is 344 g/mol. The fourth-order valence-corrected chi connectivity index (χ4v) is 4.29. The van der Waals surface area contributed by atoms with E-state index in [4.69, 9.17) is 4.74 Å². The maximum Gasteiger partial charge on any atom is 0.410 e. The number of carbonyl (C=O) groups excluding carboxylic acids is 1. The SMILES string of the molecule is CC1CC2(CCN(C(=O)OC(C)(C)C)CC2)CN1Cc1ccccc1. The van der Waals surface area contributed by atoms with Crippen LogP contribution in [0.3, 0.4) is 0 Å². The van der Waals surface area contributed by atoms with Crippen LogP contribution in [-0.2, 0) is 11.3 Å². The zero-order valence-electron chi connectivity index (χ0n) is 16.1. The second-order valence-electron chi connectivity index (χ2n) is 8.91. The number of hydrogen-bond acceptors (Lipinski definition) is 3. The summed E-state index contributed by atoms with van der Waals surface area (Å²) in [4.78, 5) is 16.8. The van der Waals surface area contributed by atoms with Crippen LogP contribution < -0.4 is 0 Å². The number of ether oxygens (including phenoxy) is 1. The Morgan fingerprint density at radius 2 is 1.84 bits per heavy atom. The van der Waals surface area contributed by atoms with E-state index in [1.165, 1.54) is 12.0 Å². The van der Waals surface area contributed by atoms with E-state index in [-0.39, 0.29) is 6.09 Å². The van der Waals surface area contributed by atoms with Crippen LogP contribution in [0, 0.1) is 5.41 Å². The van der Waals surface area contributed by atoms with Crippen LogP contribution in [0.1, 0.15) is 52.5 Å². The summed E-state index contributed by atoms with van der Waals surface area (Å²) in [5, 5.41) is 0. The molecule has 0 bridgehead atoms. The molecule has 2 saturated heterocycles. The molecule has 1 unspecified atom stereocenters. The van der Waals surface area contributed by atoms with Crippen molar-refractivity contribution < 1.29 is 9.53 Å². The lowest BCUT2D eigenvalue weighted by Gasteiger charge is -2.39. The van der Waals surface area contributed by atoms with Crippen LogP contribution in [-0.4, -0.2) is 47.2 Å². The molecule has 0 saturated carbocycles. The van der Waals surface area contributed by atoms with Gasteiger partial charge in [-0.25, -0.2) is 4.79 Å². The van der Waals surface area contributed by atoms with E-state index in [0.29, 0.717) is 11.5 Å². The molecule has 4 nitrogen and oxygen atoms in total. The van der Waals surface area contributed by atoms with Gasteiger partial charge in [-0.3, -0.25) is 4.90 Å². The molecule has 2 fully saturated rings. The average molecular weight is 344 g/mol. The van der Waals surface area contributed by atoms with Gasteiger partial charge in [-0.2, -0.15) is 0 Å². The summed E-state index contributed by atoms with van der Waals surface area (Å²) in [6.07, 6.45) is 3.25. The van der Waals surface area contributed by atoms with Gasteiger partial charge in [-0.05, 0) is 57.9 Å². The summed E-state index contributed by atoms with van der Waals surface area (Å²) < 4.78 is 5.53. The smallest absolute Gasteiger partial charge is 0.410 e. The molecule has 1 spiro atoms. The van der Waals surface area contributed by atoms with E-state index in [9.17, 15) is 4.79 Å². The number of hydrogen-bond donors (Lipinski definition) is 0. The van der Waals surface area contributed by atoms with Crippen LogP contribution in [0.5, 0.6) is 0 Å². The first-order valence-electron chi connectivity index (χ1n) is 9.52. The highest BCUT2D eigenvalue weighted by Gasteiger charge is 2.44. The normalized spacial score (nSPS) is 23.8. The molecule has 2 aliphatic rings. The van der Waals surface area contributed by atoms with Gasteiger partial charge in [0, 0.05) is 32.2 Å². The molecule has 4 heteroatoms. The maximum absolute atomic E-state index is 12.3. The van der Waals surface area contributed by atoms with Crippen molar-refractivity contribution in [3.05, 3.63) is 35.9 Å². The minimum Gasteiger partial charge on any atom is -0.444 e. The lowest BCUT2D eigenvalue weighted by molar-refractivity contribution is 0.0109. The lowest BCUT2D eigenvalue weighted by atomic mass is 9.77. The quantitative estimate of drug-likeness (QED) is 0.802. The van der Waals surface area contributed by atoms with Crippen molar-refractivity contribution >= 4 is 6.09 Å². The highest BCUT2D eigenvalue weighted by Crippen LogP contribution is 2.43. The Balaban J connectivity index is 1.56. The summed E-state index contributed by atoms with van der Waals surface area (Å²) in [7, 11) is 0. The van der Waals surface area contributed by atoms with Crippen molar-refractivity contribution in [3.8, 4) is 0 Å². The van der Waals surface area contributed by atoms with Gasteiger partial charge in [-0.15, -0.1) is 0 Å². The molecule has 1 atom stereocenters. The highest BCUT2D eigenvalue weighted by molar-refractivity contribution is 5.68. The molecule has 0 aromatic heterocycles. The average Bonchev–Trinajstić information content (AvgIpc) is 2.82. The molecule has 25 heavy (non-hydrogen) atoms. The van der Waals surface area contributed by atoms with E-state index in [2.05, 4.69) is 42.2 Å². The second-order valence-corrected chi connectivity index (χ2v) is 8.91. The van der Waals surface area contributed by atoms with Crippen LogP contribution in [0.15, 0.2) is 30.3 Å². The Bertz CT molecular complexity index is 586. The largest absolute Gasteiger partial charge is 0.444 e. The van der Waals surface area contributed by atoms with Gasteiger partial charge in [-0.1, -0.05) is 30.3 Å². The van der Waals surface area contributed by atoms with Gasteiger partial charge >= 0.3 is 6.09 Å². The minimum atomic E-state index is -0.416. The number of rotatable bonds is 2. The van der Waals surface area contributed by atoms with Gasteiger partial charge in [0.2, 0.25) is 0 Å². The van der Waals surface area contributed by atoms with E-state index in [1.807, 2.05) is 25.7 Å². The summed E-state index contributed by atoms with van der Waals surface area (Å²) in [5.74, 6) is 0. The number of nitrogens with zero attached hydrogens (tertiary/aromatic N) is 2. The summed E-state index contributed by atoms with van der Waals surface area (Å²) in [5.41, 5.74) is 1.34. The van der Waals surface area contributed by atoms with Crippen LogP contribution in [0.2, 0.25) is 0 Å². The second kappa shape index (κ2) is 6.99. The molecule has 2 aliphatic heterocycles. The topological polar surface area (TPSA) is 32.8 Å². The molecule has 3 rings (SSSR count). The number of likely N-dealkylation sites (tertiary alicyclic amines) is 2. The van der Waals surface area contributed by atoms with Crippen molar-refractivity contribution in [1.29, 1.82) is 0 Å². The number of amides is 1. The Kier molecular flexibility index (Phi) is 5.10. The Morgan fingerprint density at radius 1 is 1.20 bits per heavy atom. The van der Waals surface area contributed by atoms with E-state index >= 15 is 0 Å². The Hall–Kier alpha value is -1.55. The van der Waals surface area contributed by atoms with E-state index in [0.717, 1.165) is 39.0 Å². The molecule has 0 N–H and O–H groups in total. The standard InChI is InChI=1S/C21H32N2O2/c1-17-14-21(16-23(17)15-18-8-6-5-7-9-18)10-12-22(13-11-21)19(24)25-20(2,3)4/h5-9,17H,10-16H2,1-4H3. The third-order valence-electron chi connectivity index (χ3n) is 5.59. The third kappa shape index (κ3) is 4.55. The van der Waals surface area contributed by atoms with Crippen molar-refractivity contribution in [1.82, 2.24) is 9.80 Å². The van der Waals surface area contributed by atoms with Crippen molar-refractivity contribution in [2.45, 2.75) is 65.1 Å². The Labute approximate surface area is 152 Å². The van der Waals surface area contributed by atoms with Crippen molar-refractivity contribution in [2.75, 3.05) is 19.6 Å². The molecule has 138 valence electrons. The van der Waals surface area contributed by atoms with Gasteiger partial charge < -0.3 is 9.64 Å². The molecule has 1 aromatic carbocycles. The first-order chi connectivity index (χ1) is 11.8. The first-order valence-corrected chi connectivity index (χ1v) is 9.52. The highest BCUT2D eigenvalue weighted by atomic mass is 16.6. The zero-order chi connectivity index (χ0) is 18.1. The Morgan fingerprint density at radius 3 is 2.44 bits per heavy atom. The first kappa shape index (κ1) is 18.2. The summed E-state index contributed by atoms with van der Waals surface area (Å²) in [6.45, 7) is 11.9. The third-order valence-corrected chi connectivity index (χ3v) is 5.59. The number of carbonyl (C=O) groups is 1. The molecule has 0 radical (unpaired) electrons. The van der Waals surface area contributed by atoms with Gasteiger partial charge in [0.15, 0.2) is 0 Å². The van der Waals surface area contributed by atoms with Crippen LogP contribution in [0.25, 0.3) is 0 Å². The summed E-state index contributed by atoms with van der Waals surface area (Å²) >= 11 is 0. The minimum absolute atomic E-state index is 0.158. The lowest BCUT2D eigenvalue weighted by Crippen LogP contribution is -2.46. The fourth-order valence-electron chi connectivity index (χ4n) is 4.29. The van der Waals surface area contributed by atoms with Crippen molar-refractivity contribution in [3.63, 3.8) is 0 Å². The molecule has 1 amide bonds. The molecular weight excluding hydrogens is 312 g/mol. The van der Waals surface area contributed by atoms with Gasteiger partial charge in [0.25, 0.3) is 0 Å². The molecule has 0 aliphatic carbocycles. The van der Waals surface area contributed by atoms with Gasteiger partial charge in [0.1, 0.15) is 5.60 Å².